The number of halogens is 1. The van der Waals surface area contributed by atoms with E-state index in [2.05, 4.69) is 21.5 Å². The van der Waals surface area contributed by atoms with Crippen LogP contribution in [0.1, 0.15) is 49.1 Å². The van der Waals surface area contributed by atoms with Crippen LogP contribution in [0, 0.1) is 17.7 Å². The number of ether oxygens (including phenoxy) is 1. The van der Waals surface area contributed by atoms with Gasteiger partial charge in [-0.2, -0.15) is 0 Å². The van der Waals surface area contributed by atoms with E-state index in [1.165, 1.54) is 12.1 Å². The van der Waals surface area contributed by atoms with Gasteiger partial charge < -0.3 is 14.6 Å². The highest BCUT2D eigenvalue weighted by Crippen LogP contribution is 2.47. The topological polar surface area (TPSA) is 77.2 Å². The van der Waals surface area contributed by atoms with E-state index in [1.54, 1.807) is 12.3 Å². The Morgan fingerprint density at radius 1 is 1.24 bits per heavy atom. The summed E-state index contributed by atoms with van der Waals surface area (Å²) in [5, 5.41) is 7.08. The van der Waals surface area contributed by atoms with Crippen molar-refractivity contribution in [3.8, 4) is 11.1 Å². The lowest BCUT2D eigenvalue weighted by Gasteiger charge is -2.41. The Labute approximate surface area is 198 Å². The third kappa shape index (κ3) is 4.74. The smallest absolute Gasteiger partial charge is 0.407 e. The van der Waals surface area contributed by atoms with Crippen molar-refractivity contribution in [2.75, 3.05) is 6.61 Å². The third-order valence-electron chi connectivity index (χ3n) is 6.98. The van der Waals surface area contributed by atoms with Gasteiger partial charge in [0.15, 0.2) is 0 Å². The summed E-state index contributed by atoms with van der Waals surface area (Å²) in [6.07, 6.45) is 11.2. The quantitative estimate of drug-likeness (QED) is 0.523. The number of alkyl carbamates (subject to hydrolysis) is 1. The summed E-state index contributed by atoms with van der Waals surface area (Å²) in [4.78, 5) is 16.5. The van der Waals surface area contributed by atoms with Gasteiger partial charge in [-0.25, -0.2) is 9.18 Å². The molecular weight excluding hydrogens is 433 g/mol. The Balaban J connectivity index is 1.32. The molecule has 7 heteroatoms. The fourth-order valence-electron chi connectivity index (χ4n) is 5.41. The molecule has 2 heterocycles. The van der Waals surface area contributed by atoms with Gasteiger partial charge in [0.25, 0.3) is 0 Å². The van der Waals surface area contributed by atoms with Crippen molar-refractivity contribution in [2.24, 2.45) is 11.8 Å². The zero-order valence-corrected chi connectivity index (χ0v) is 19.1. The fraction of sp³-hybridized carbons (Fsp3) is 0.370. The van der Waals surface area contributed by atoms with Crippen LogP contribution >= 0.6 is 0 Å². The van der Waals surface area contributed by atoms with E-state index in [0.29, 0.717) is 18.4 Å². The predicted octanol–water partition coefficient (Wildman–Crippen LogP) is 5.76. The number of hydrogen-bond donors (Lipinski definition) is 1. The molecule has 34 heavy (non-hydrogen) atoms. The van der Waals surface area contributed by atoms with Crippen LogP contribution in [0.15, 0.2) is 59.4 Å². The van der Waals surface area contributed by atoms with E-state index >= 15 is 0 Å². The van der Waals surface area contributed by atoms with Gasteiger partial charge in [0.1, 0.15) is 11.6 Å². The lowest BCUT2D eigenvalue weighted by Crippen LogP contribution is -2.43. The van der Waals surface area contributed by atoms with Gasteiger partial charge >= 0.3 is 6.09 Å². The van der Waals surface area contributed by atoms with Gasteiger partial charge in [-0.3, -0.25) is 4.98 Å². The van der Waals surface area contributed by atoms with Crippen LogP contribution in [0.5, 0.6) is 0 Å². The summed E-state index contributed by atoms with van der Waals surface area (Å²) in [7, 11) is 0. The van der Waals surface area contributed by atoms with Crippen LogP contribution in [-0.4, -0.2) is 28.9 Å². The molecule has 4 atom stereocenters. The lowest BCUT2D eigenvalue weighted by atomic mass is 9.64. The first-order valence-electron chi connectivity index (χ1n) is 11.9. The molecule has 0 aliphatic heterocycles. The molecule has 1 amide bonds. The molecule has 2 aromatic heterocycles. The number of carbonyl (C=O) groups excluding carboxylic acids is 1. The summed E-state index contributed by atoms with van der Waals surface area (Å²) in [6.45, 7) is 2.19. The third-order valence-corrected chi connectivity index (χ3v) is 6.98. The molecule has 0 bridgehead atoms. The first kappa shape index (κ1) is 22.3. The van der Waals surface area contributed by atoms with E-state index in [9.17, 15) is 9.18 Å². The van der Waals surface area contributed by atoms with E-state index in [-0.39, 0.29) is 23.9 Å². The largest absolute Gasteiger partial charge is 0.450 e. The summed E-state index contributed by atoms with van der Waals surface area (Å²) in [6, 6.07) is 10.5. The normalized spacial score (nSPS) is 23.8. The number of nitrogens with one attached hydrogen (secondary N) is 1. The van der Waals surface area contributed by atoms with Crippen LogP contribution in [0.3, 0.4) is 0 Å². The molecule has 2 aliphatic carbocycles. The maximum atomic E-state index is 13.5. The molecule has 2 aliphatic rings. The van der Waals surface area contributed by atoms with Gasteiger partial charge in [-0.05, 0) is 74.3 Å². The van der Waals surface area contributed by atoms with Gasteiger partial charge in [0.05, 0.1) is 18.5 Å². The molecule has 1 aromatic carbocycles. The Morgan fingerprint density at radius 3 is 2.94 bits per heavy atom. The molecule has 0 radical (unpaired) electrons. The van der Waals surface area contributed by atoms with Crippen molar-refractivity contribution in [2.45, 2.75) is 44.6 Å². The second-order valence-corrected chi connectivity index (χ2v) is 9.09. The maximum absolute atomic E-state index is 13.5. The van der Waals surface area contributed by atoms with E-state index in [4.69, 9.17) is 9.26 Å². The number of pyridine rings is 1. The van der Waals surface area contributed by atoms with Crippen molar-refractivity contribution >= 4 is 12.2 Å². The average Bonchev–Trinajstić information content (AvgIpc) is 3.30. The highest BCUT2D eigenvalue weighted by Gasteiger charge is 2.42. The highest BCUT2D eigenvalue weighted by atomic mass is 19.1. The molecule has 1 saturated carbocycles. The fourth-order valence-corrected chi connectivity index (χ4v) is 5.41. The second-order valence-electron chi connectivity index (χ2n) is 9.09. The monoisotopic (exact) mass is 461 g/mol. The number of allylic oxidation sites excluding steroid dienone is 1. The van der Waals surface area contributed by atoms with Crippen molar-refractivity contribution in [3.05, 3.63) is 77.7 Å². The number of rotatable bonds is 5. The van der Waals surface area contributed by atoms with Crippen LogP contribution in [0.25, 0.3) is 17.2 Å². The number of hydrogen-bond acceptors (Lipinski definition) is 5. The number of amides is 1. The van der Waals surface area contributed by atoms with Gasteiger partial charge in [0.2, 0.25) is 0 Å². The van der Waals surface area contributed by atoms with Crippen LogP contribution in [0.2, 0.25) is 0 Å². The van der Waals surface area contributed by atoms with Crippen molar-refractivity contribution < 1.29 is 18.4 Å². The zero-order valence-electron chi connectivity index (χ0n) is 19.1. The predicted molar refractivity (Wildman–Crippen MR) is 126 cm³/mol. The summed E-state index contributed by atoms with van der Waals surface area (Å²) < 4.78 is 24.3. The Hall–Kier alpha value is -3.48. The SMILES string of the molecule is CCOC(=O)N[C@@H]1CC[C@@H]2[C@H](Cc3cnoc3[C@H]2C=Cc2ccc(-c3cccc(F)c3)cn2)C1. The Morgan fingerprint density at radius 2 is 2.15 bits per heavy atom. The highest BCUT2D eigenvalue weighted by molar-refractivity contribution is 5.67. The molecule has 5 rings (SSSR count). The van der Waals surface area contributed by atoms with Crippen LogP contribution in [0.4, 0.5) is 9.18 Å². The van der Waals surface area contributed by atoms with Crippen LogP contribution < -0.4 is 5.32 Å². The molecule has 1 fully saturated rings. The van der Waals surface area contributed by atoms with Gasteiger partial charge in [-0.1, -0.05) is 29.4 Å². The average molecular weight is 462 g/mol. The molecule has 3 aromatic rings. The number of carbonyl (C=O) groups is 1. The van der Waals surface area contributed by atoms with Gasteiger partial charge in [0, 0.05) is 29.3 Å². The minimum atomic E-state index is -0.336. The molecule has 0 saturated heterocycles. The van der Waals surface area contributed by atoms with E-state index in [1.807, 2.05) is 37.4 Å². The number of benzene rings is 1. The lowest BCUT2D eigenvalue weighted by molar-refractivity contribution is 0.125. The number of fused-ring (bicyclic) bond motifs is 2. The number of nitrogens with zero attached hydrogens (tertiary/aromatic N) is 2. The molecule has 176 valence electrons. The standard InChI is InChI=1S/C27H28FN3O3/c1-2-33-27(32)31-23-9-10-24-19(14-23)12-20-16-30-34-26(20)25(24)11-8-22-7-6-18(15-29-22)17-4-3-5-21(28)13-17/h3-8,11,13,15-16,19,23-25H,2,9-10,12,14H2,1H3,(H,31,32)/t19-,23-,24-,25+/m1/s1. The minimum Gasteiger partial charge on any atom is -0.450 e. The second kappa shape index (κ2) is 9.79. The number of aromatic nitrogens is 2. The van der Waals surface area contributed by atoms with Crippen molar-refractivity contribution in [3.63, 3.8) is 0 Å². The maximum Gasteiger partial charge on any atom is 0.407 e. The molecule has 1 N–H and O–H groups in total. The van der Waals surface area contributed by atoms with Crippen molar-refractivity contribution in [1.29, 1.82) is 0 Å². The molecule has 0 unspecified atom stereocenters. The van der Waals surface area contributed by atoms with E-state index in [0.717, 1.165) is 53.8 Å². The summed E-state index contributed by atoms with van der Waals surface area (Å²) >= 11 is 0. The minimum absolute atomic E-state index is 0.115. The summed E-state index contributed by atoms with van der Waals surface area (Å²) in [5.74, 6) is 1.65. The Bertz CT molecular complexity index is 1170. The molecular formula is C27H28FN3O3. The first-order valence-corrected chi connectivity index (χ1v) is 11.9. The van der Waals surface area contributed by atoms with Crippen molar-refractivity contribution in [1.82, 2.24) is 15.5 Å². The Kier molecular flexibility index (Phi) is 6.43. The molecule has 6 nitrogen and oxygen atoms in total. The first-order chi connectivity index (χ1) is 16.6. The summed E-state index contributed by atoms with van der Waals surface area (Å²) in [5.41, 5.74) is 3.65. The molecule has 0 spiro atoms. The van der Waals surface area contributed by atoms with E-state index < -0.39 is 0 Å². The van der Waals surface area contributed by atoms with Gasteiger partial charge in [-0.15, -0.1) is 0 Å². The van der Waals surface area contributed by atoms with Crippen LogP contribution in [-0.2, 0) is 11.2 Å². The zero-order chi connectivity index (χ0) is 23.5.